The SMILES string of the molecule is CCOc1ccc(C2(N(C)C)CCCNC2)cc1. The van der Waals surface area contributed by atoms with Gasteiger partial charge in [-0.05, 0) is 58.1 Å². The predicted molar refractivity (Wildman–Crippen MR) is 75.1 cm³/mol. The number of likely N-dealkylation sites (N-methyl/N-ethyl adjacent to an activating group) is 1. The summed E-state index contributed by atoms with van der Waals surface area (Å²) in [6, 6.07) is 8.58. The number of hydrogen-bond acceptors (Lipinski definition) is 3. The molecule has 1 unspecified atom stereocenters. The highest BCUT2D eigenvalue weighted by atomic mass is 16.5. The van der Waals surface area contributed by atoms with Crippen molar-refractivity contribution in [3.8, 4) is 5.75 Å². The lowest BCUT2D eigenvalue weighted by Gasteiger charge is -2.43. The highest BCUT2D eigenvalue weighted by Gasteiger charge is 2.35. The fourth-order valence-electron chi connectivity index (χ4n) is 2.80. The Hall–Kier alpha value is -1.06. The second-order valence-electron chi connectivity index (χ2n) is 5.16. The molecular formula is C15H24N2O. The van der Waals surface area contributed by atoms with Crippen LogP contribution in [0.2, 0.25) is 0 Å². The van der Waals surface area contributed by atoms with Gasteiger partial charge in [-0.1, -0.05) is 12.1 Å². The van der Waals surface area contributed by atoms with E-state index in [1.165, 1.54) is 18.4 Å². The van der Waals surface area contributed by atoms with Gasteiger partial charge in [0.1, 0.15) is 5.75 Å². The van der Waals surface area contributed by atoms with Crippen molar-refractivity contribution >= 4 is 0 Å². The van der Waals surface area contributed by atoms with Crippen LogP contribution in [-0.4, -0.2) is 38.7 Å². The predicted octanol–water partition coefficient (Wildman–Crippen LogP) is 2.23. The van der Waals surface area contributed by atoms with Gasteiger partial charge in [-0.3, -0.25) is 4.90 Å². The summed E-state index contributed by atoms with van der Waals surface area (Å²) in [5.41, 5.74) is 1.51. The summed E-state index contributed by atoms with van der Waals surface area (Å²) in [4.78, 5) is 2.34. The largest absolute Gasteiger partial charge is 0.494 e. The van der Waals surface area contributed by atoms with Crippen LogP contribution < -0.4 is 10.1 Å². The molecule has 1 aromatic rings. The van der Waals surface area contributed by atoms with E-state index in [0.717, 1.165) is 25.4 Å². The maximum atomic E-state index is 5.51. The van der Waals surface area contributed by atoms with Gasteiger partial charge in [-0.25, -0.2) is 0 Å². The fourth-order valence-corrected chi connectivity index (χ4v) is 2.80. The van der Waals surface area contributed by atoms with Crippen molar-refractivity contribution in [2.45, 2.75) is 25.3 Å². The van der Waals surface area contributed by atoms with Crippen molar-refractivity contribution < 1.29 is 4.74 Å². The molecular weight excluding hydrogens is 224 g/mol. The zero-order valence-electron chi connectivity index (χ0n) is 11.7. The van der Waals surface area contributed by atoms with Crippen LogP contribution >= 0.6 is 0 Å². The molecule has 0 bridgehead atoms. The molecule has 0 saturated carbocycles. The smallest absolute Gasteiger partial charge is 0.119 e. The van der Waals surface area contributed by atoms with Gasteiger partial charge in [0.15, 0.2) is 0 Å². The van der Waals surface area contributed by atoms with E-state index in [2.05, 4.69) is 48.6 Å². The second kappa shape index (κ2) is 5.72. The van der Waals surface area contributed by atoms with Crippen LogP contribution in [0.1, 0.15) is 25.3 Å². The Balaban J connectivity index is 2.25. The Morgan fingerprint density at radius 3 is 2.50 bits per heavy atom. The standard InChI is InChI=1S/C15H24N2O/c1-4-18-14-8-6-13(7-9-14)15(17(2)3)10-5-11-16-12-15/h6-9,16H,4-5,10-12H2,1-3H3. The minimum atomic E-state index is 0.128. The molecule has 1 saturated heterocycles. The van der Waals surface area contributed by atoms with E-state index >= 15 is 0 Å². The molecule has 0 spiro atoms. The summed E-state index contributed by atoms with van der Waals surface area (Å²) in [5, 5.41) is 3.52. The highest BCUT2D eigenvalue weighted by Crippen LogP contribution is 2.33. The Morgan fingerprint density at radius 1 is 1.28 bits per heavy atom. The van der Waals surface area contributed by atoms with Crippen LogP contribution in [0.25, 0.3) is 0 Å². The van der Waals surface area contributed by atoms with E-state index < -0.39 is 0 Å². The van der Waals surface area contributed by atoms with Crippen LogP contribution in [0.4, 0.5) is 0 Å². The molecule has 1 fully saturated rings. The summed E-state index contributed by atoms with van der Waals surface area (Å²) >= 11 is 0. The topological polar surface area (TPSA) is 24.5 Å². The zero-order valence-corrected chi connectivity index (χ0v) is 11.7. The van der Waals surface area contributed by atoms with E-state index in [4.69, 9.17) is 4.74 Å². The Morgan fingerprint density at radius 2 is 2.00 bits per heavy atom. The van der Waals surface area contributed by atoms with Crippen LogP contribution in [0.5, 0.6) is 5.75 Å². The van der Waals surface area contributed by atoms with Crippen LogP contribution in [0.15, 0.2) is 24.3 Å². The van der Waals surface area contributed by atoms with Crippen LogP contribution in [0.3, 0.4) is 0 Å². The molecule has 3 nitrogen and oxygen atoms in total. The first kappa shape index (κ1) is 13.4. The van der Waals surface area contributed by atoms with Gasteiger partial charge < -0.3 is 10.1 Å². The third-order valence-corrected chi connectivity index (χ3v) is 3.92. The molecule has 1 aliphatic rings. The lowest BCUT2D eigenvalue weighted by atomic mass is 9.82. The quantitative estimate of drug-likeness (QED) is 0.884. The number of rotatable bonds is 4. The van der Waals surface area contributed by atoms with Gasteiger partial charge in [0.05, 0.1) is 12.1 Å². The molecule has 2 rings (SSSR count). The summed E-state index contributed by atoms with van der Waals surface area (Å²) in [5.74, 6) is 0.957. The normalized spacial score (nSPS) is 24.2. The molecule has 0 amide bonds. The van der Waals surface area contributed by atoms with Crippen molar-refractivity contribution in [2.24, 2.45) is 0 Å². The number of hydrogen-bond donors (Lipinski definition) is 1. The molecule has 1 aromatic carbocycles. The molecule has 0 radical (unpaired) electrons. The van der Waals surface area contributed by atoms with Crippen molar-refractivity contribution in [1.29, 1.82) is 0 Å². The van der Waals surface area contributed by atoms with Gasteiger partial charge in [0.25, 0.3) is 0 Å². The van der Waals surface area contributed by atoms with Crippen molar-refractivity contribution in [2.75, 3.05) is 33.8 Å². The molecule has 1 aliphatic heterocycles. The van der Waals surface area contributed by atoms with Gasteiger partial charge in [0.2, 0.25) is 0 Å². The number of piperidine rings is 1. The van der Waals surface area contributed by atoms with Gasteiger partial charge in [-0.15, -0.1) is 0 Å². The molecule has 100 valence electrons. The third kappa shape index (κ3) is 2.52. The van der Waals surface area contributed by atoms with E-state index in [9.17, 15) is 0 Å². The van der Waals surface area contributed by atoms with Crippen molar-refractivity contribution in [3.63, 3.8) is 0 Å². The zero-order chi connectivity index (χ0) is 13.0. The highest BCUT2D eigenvalue weighted by molar-refractivity contribution is 5.32. The molecule has 1 heterocycles. The van der Waals surface area contributed by atoms with Gasteiger partial charge in [-0.2, -0.15) is 0 Å². The Labute approximate surface area is 110 Å². The fraction of sp³-hybridized carbons (Fsp3) is 0.600. The molecule has 1 atom stereocenters. The summed E-state index contributed by atoms with van der Waals surface area (Å²) in [6.07, 6.45) is 2.44. The summed E-state index contributed by atoms with van der Waals surface area (Å²) < 4.78 is 5.51. The van der Waals surface area contributed by atoms with Crippen LogP contribution in [-0.2, 0) is 5.54 Å². The first-order valence-electron chi connectivity index (χ1n) is 6.80. The molecule has 1 N–H and O–H groups in total. The number of nitrogens with zero attached hydrogens (tertiary/aromatic N) is 1. The maximum absolute atomic E-state index is 5.51. The maximum Gasteiger partial charge on any atom is 0.119 e. The van der Waals surface area contributed by atoms with Gasteiger partial charge >= 0.3 is 0 Å². The van der Waals surface area contributed by atoms with Crippen molar-refractivity contribution in [1.82, 2.24) is 10.2 Å². The Bertz CT molecular complexity index is 367. The Kier molecular flexibility index (Phi) is 4.25. The second-order valence-corrected chi connectivity index (χ2v) is 5.16. The van der Waals surface area contributed by atoms with E-state index in [0.29, 0.717) is 0 Å². The molecule has 0 aliphatic carbocycles. The average Bonchev–Trinajstić information content (AvgIpc) is 2.40. The first-order chi connectivity index (χ1) is 8.69. The number of nitrogens with one attached hydrogen (secondary N) is 1. The van der Waals surface area contributed by atoms with Gasteiger partial charge in [0, 0.05) is 6.54 Å². The van der Waals surface area contributed by atoms with E-state index in [-0.39, 0.29) is 5.54 Å². The third-order valence-electron chi connectivity index (χ3n) is 3.92. The number of ether oxygens (including phenoxy) is 1. The molecule has 0 aromatic heterocycles. The first-order valence-corrected chi connectivity index (χ1v) is 6.80. The molecule has 3 heteroatoms. The van der Waals surface area contributed by atoms with E-state index in [1.54, 1.807) is 0 Å². The molecule has 18 heavy (non-hydrogen) atoms. The minimum absolute atomic E-state index is 0.128. The average molecular weight is 248 g/mol. The van der Waals surface area contributed by atoms with Crippen molar-refractivity contribution in [3.05, 3.63) is 29.8 Å². The minimum Gasteiger partial charge on any atom is -0.494 e. The van der Waals surface area contributed by atoms with E-state index in [1.807, 2.05) is 6.92 Å². The number of benzene rings is 1. The lowest BCUT2D eigenvalue weighted by Crippen LogP contribution is -2.52. The summed E-state index contributed by atoms with van der Waals surface area (Å²) in [6.45, 7) is 4.89. The van der Waals surface area contributed by atoms with Crippen LogP contribution in [0, 0.1) is 0 Å². The monoisotopic (exact) mass is 248 g/mol. The summed E-state index contributed by atoms with van der Waals surface area (Å²) in [7, 11) is 4.34. The lowest BCUT2D eigenvalue weighted by molar-refractivity contribution is 0.113.